The van der Waals surface area contributed by atoms with Gasteiger partial charge in [-0.1, -0.05) is 26.0 Å². The van der Waals surface area contributed by atoms with E-state index in [1.54, 1.807) is 26.0 Å². The van der Waals surface area contributed by atoms with E-state index in [9.17, 15) is 13.2 Å². The lowest BCUT2D eigenvalue weighted by Gasteiger charge is -2.10. The summed E-state index contributed by atoms with van der Waals surface area (Å²) in [5, 5.41) is 0. The van der Waals surface area contributed by atoms with Crippen LogP contribution in [0.3, 0.4) is 0 Å². The third kappa shape index (κ3) is 4.76. The first-order valence-electron chi connectivity index (χ1n) is 6.38. The second-order valence-corrected chi connectivity index (χ2v) is 7.04. The second-order valence-electron chi connectivity index (χ2n) is 5.32. The minimum atomic E-state index is -3.49. The lowest BCUT2D eigenvalue weighted by Crippen LogP contribution is -2.30. The molecule has 0 aliphatic rings. The van der Waals surface area contributed by atoms with Crippen LogP contribution in [0, 0.1) is 5.92 Å². The van der Waals surface area contributed by atoms with Gasteiger partial charge in [0, 0.05) is 18.0 Å². The van der Waals surface area contributed by atoms with Crippen LogP contribution in [0.4, 0.5) is 0 Å². The van der Waals surface area contributed by atoms with Crippen LogP contribution in [-0.4, -0.2) is 20.2 Å². The molecule has 0 spiro atoms. The highest BCUT2D eigenvalue weighted by atomic mass is 32.2. The Morgan fingerprint density at radius 3 is 2.05 bits per heavy atom. The highest BCUT2D eigenvalue weighted by Gasteiger charge is 2.16. The zero-order chi connectivity index (χ0) is 14.6. The zero-order valence-corrected chi connectivity index (χ0v) is 12.6. The number of hydrogen-bond donors (Lipinski definition) is 1. The Bertz CT molecular complexity index is 530. The lowest BCUT2D eigenvalue weighted by molar-refractivity contribution is 0.0967. The summed E-state index contributed by atoms with van der Waals surface area (Å²) >= 11 is 0. The average molecular weight is 283 g/mol. The van der Waals surface area contributed by atoms with Crippen molar-refractivity contribution < 1.29 is 13.2 Å². The third-order valence-electron chi connectivity index (χ3n) is 2.47. The number of carbonyl (C=O) groups is 1. The smallest absolute Gasteiger partial charge is 0.240 e. The lowest BCUT2D eigenvalue weighted by atomic mass is 10.0. The molecular formula is C14H21NO3S. The molecule has 0 radical (unpaired) electrons. The highest BCUT2D eigenvalue weighted by Crippen LogP contribution is 2.14. The van der Waals surface area contributed by atoms with Gasteiger partial charge in [-0.15, -0.1) is 0 Å². The Morgan fingerprint density at radius 2 is 1.63 bits per heavy atom. The predicted molar refractivity (Wildman–Crippen MR) is 75.7 cm³/mol. The van der Waals surface area contributed by atoms with Gasteiger partial charge in [0.05, 0.1) is 4.90 Å². The van der Waals surface area contributed by atoms with Gasteiger partial charge in [0.25, 0.3) is 0 Å². The molecule has 0 aliphatic carbocycles. The minimum absolute atomic E-state index is 0.0377. The first-order chi connectivity index (χ1) is 8.72. The Morgan fingerprint density at radius 1 is 1.11 bits per heavy atom. The molecule has 0 heterocycles. The maximum atomic E-state index is 11.9. The van der Waals surface area contributed by atoms with E-state index in [0.717, 1.165) is 0 Å². The Labute approximate surface area is 115 Å². The number of hydrogen-bond acceptors (Lipinski definition) is 3. The van der Waals surface area contributed by atoms with Crippen LogP contribution in [0.2, 0.25) is 0 Å². The molecule has 1 N–H and O–H groups in total. The van der Waals surface area contributed by atoms with Crippen molar-refractivity contribution in [2.75, 3.05) is 0 Å². The Kier molecular flexibility index (Phi) is 5.26. The largest absolute Gasteiger partial charge is 0.294 e. The molecule has 1 aromatic rings. The molecular weight excluding hydrogens is 262 g/mol. The van der Waals surface area contributed by atoms with Crippen LogP contribution in [0.15, 0.2) is 29.2 Å². The number of Topliss-reactive ketones (excluding diaryl/α,β-unsaturated/α-hetero) is 1. The van der Waals surface area contributed by atoms with Gasteiger partial charge in [-0.25, -0.2) is 13.1 Å². The van der Waals surface area contributed by atoms with Crippen LogP contribution in [-0.2, 0) is 10.0 Å². The fourth-order valence-electron chi connectivity index (χ4n) is 1.69. The fraction of sp³-hybridized carbons (Fsp3) is 0.500. The molecule has 0 fully saturated rings. The van der Waals surface area contributed by atoms with Crippen molar-refractivity contribution in [2.45, 2.75) is 45.1 Å². The third-order valence-corrected chi connectivity index (χ3v) is 4.15. The molecule has 0 bridgehead atoms. The molecule has 4 nitrogen and oxygen atoms in total. The molecule has 0 saturated heterocycles. The summed E-state index contributed by atoms with van der Waals surface area (Å²) in [6.45, 7) is 7.47. The van der Waals surface area contributed by atoms with Gasteiger partial charge in [-0.05, 0) is 31.9 Å². The van der Waals surface area contributed by atoms with Gasteiger partial charge in [-0.2, -0.15) is 0 Å². The normalized spacial score (nSPS) is 12.1. The number of benzene rings is 1. The topological polar surface area (TPSA) is 63.2 Å². The summed E-state index contributed by atoms with van der Waals surface area (Å²) in [6.07, 6.45) is 0.469. The van der Waals surface area contributed by atoms with Crippen LogP contribution < -0.4 is 4.72 Å². The molecule has 19 heavy (non-hydrogen) atoms. The van der Waals surface area contributed by atoms with Crippen LogP contribution in [0.25, 0.3) is 0 Å². The molecule has 0 aromatic heterocycles. The van der Waals surface area contributed by atoms with Gasteiger partial charge in [-0.3, -0.25) is 4.79 Å². The molecule has 106 valence electrons. The quantitative estimate of drug-likeness (QED) is 0.816. The number of nitrogens with one attached hydrogen (secondary N) is 1. The maximum Gasteiger partial charge on any atom is 0.240 e. The molecule has 0 amide bonds. The van der Waals surface area contributed by atoms with E-state index in [1.165, 1.54) is 12.1 Å². The van der Waals surface area contributed by atoms with Crippen molar-refractivity contribution >= 4 is 15.8 Å². The van der Waals surface area contributed by atoms with Gasteiger partial charge in [0.1, 0.15) is 0 Å². The summed E-state index contributed by atoms with van der Waals surface area (Å²) in [6, 6.07) is 5.92. The van der Waals surface area contributed by atoms with Gasteiger partial charge >= 0.3 is 0 Å². The van der Waals surface area contributed by atoms with Crippen molar-refractivity contribution in [1.82, 2.24) is 4.72 Å². The molecule has 5 heteroatoms. The SMILES string of the molecule is CC(C)CC(=O)c1ccc(S(=O)(=O)NC(C)C)cc1. The molecule has 1 rings (SSSR count). The van der Waals surface area contributed by atoms with Crippen molar-refractivity contribution in [3.63, 3.8) is 0 Å². The zero-order valence-electron chi connectivity index (χ0n) is 11.8. The average Bonchev–Trinajstić information content (AvgIpc) is 2.26. The summed E-state index contributed by atoms with van der Waals surface area (Å²) in [4.78, 5) is 12.0. The summed E-state index contributed by atoms with van der Waals surface area (Å²) < 4.78 is 26.3. The van der Waals surface area contributed by atoms with Crippen molar-refractivity contribution in [3.05, 3.63) is 29.8 Å². The van der Waals surface area contributed by atoms with E-state index in [4.69, 9.17) is 0 Å². The van der Waals surface area contributed by atoms with E-state index in [1.807, 2.05) is 13.8 Å². The van der Waals surface area contributed by atoms with E-state index < -0.39 is 10.0 Å². The Hall–Kier alpha value is -1.20. The predicted octanol–water partition coefficient (Wildman–Crippen LogP) is 2.60. The monoisotopic (exact) mass is 283 g/mol. The number of sulfonamides is 1. The van der Waals surface area contributed by atoms with E-state index in [0.29, 0.717) is 17.9 Å². The van der Waals surface area contributed by atoms with Crippen LogP contribution in [0.1, 0.15) is 44.5 Å². The van der Waals surface area contributed by atoms with E-state index >= 15 is 0 Å². The maximum absolute atomic E-state index is 11.9. The standard InChI is InChI=1S/C14H21NO3S/c1-10(2)9-14(16)12-5-7-13(8-6-12)19(17,18)15-11(3)4/h5-8,10-11,15H,9H2,1-4H3. The number of rotatable bonds is 6. The number of ketones is 1. The number of carbonyl (C=O) groups excluding carboxylic acids is 1. The molecule has 0 aliphatic heterocycles. The van der Waals surface area contributed by atoms with E-state index in [-0.39, 0.29) is 16.7 Å². The highest BCUT2D eigenvalue weighted by molar-refractivity contribution is 7.89. The van der Waals surface area contributed by atoms with Gasteiger partial charge in [0.15, 0.2) is 5.78 Å². The molecule has 0 atom stereocenters. The van der Waals surface area contributed by atoms with Gasteiger partial charge in [0.2, 0.25) is 10.0 Å². The summed E-state index contributed by atoms with van der Waals surface area (Å²) in [5.74, 6) is 0.328. The van der Waals surface area contributed by atoms with Crippen molar-refractivity contribution in [2.24, 2.45) is 5.92 Å². The first-order valence-corrected chi connectivity index (χ1v) is 7.86. The molecule has 0 saturated carbocycles. The summed E-state index contributed by atoms with van der Waals surface area (Å²) in [5.41, 5.74) is 0.553. The molecule has 0 unspecified atom stereocenters. The van der Waals surface area contributed by atoms with Crippen molar-refractivity contribution in [3.8, 4) is 0 Å². The Balaban J connectivity index is 2.91. The molecule has 1 aromatic carbocycles. The van der Waals surface area contributed by atoms with Crippen LogP contribution >= 0.6 is 0 Å². The van der Waals surface area contributed by atoms with Crippen LogP contribution in [0.5, 0.6) is 0 Å². The first kappa shape index (κ1) is 15.9. The van der Waals surface area contributed by atoms with Crippen molar-refractivity contribution in [1.29, 1.82) is 0 Å². The summed E-state index contributed by atoms with van der Waals surface area (Å²) in [7, 11) is -3.49. The minimum Gasteiger partial charge on any atom is -0.294 e. The van der Waals surface area contributed by atoms with Gasteiger partial charge < -0.3 is 0 Å². The van der Waals surface area contributed by atoms with E-state index in [2.05, 4.69) is 4.72 Å². The second kappa shape index (κ2) is 6.30. The fourth-order valence-corrected chi connectivity index (χ4v) is 2.94.